The van der Waals surface area contributed by atoms with Gasteiger partial charge in [-0.05, 0) is 31.5 Å². The summed E-state index contributed by atoms with van der Waals surface area (Å²) in [6, 6.07) is 3.42. The van der Waals surface area contributed by atoms with Gasteiger partial charge in [-0.25, -0.2) is 15.0 Å². The second-order valence-corrected chi connectivity index (χ2v) is 4.70. The SMILES string of the molecule is Cc1nc(C(F)(F)F)nc(-c2ccnc3[nH]ccc23)c1C. The highest BCUT2D eigenvalue weighted by molar-refractivity contribution is 5.92. The Labute approximate surface area is 118 Å². The van der Waals surface area contributed by atoms with Crippen LogP contribution in [0.15, 0.2) is 24.5 Å². The van der Waals surface area contributed by atoms with Crippen molar-refractivity contribution in [2.45, 2.75) is 20.0 Å². The Balaban J connectivity index is 2.32. The van der Waals surface area contributed by atoms with Crippen molar-refractivity contribution in [3.8, 4) is 11.3 Å². The van der Waals surface area contributed by atoms with Crippen molar-refractivity contribution >= 4 is 11.0 Å². The monoisotopic (exact) mass is 292 g/mol. The Kier molecular flexibility index (Phi) is 2.93. The fourth-order valence-corrected chi connectivity index (χ4v) is 2.19. The molecule has 0 amide bonds. The number of pyridine rings is 1. The van der Waals surface area contributed by atoms with Gasteiger partial charge in [0.05, 0.1) is 5.69 Å². The molecular weight excluding hydrogens is 281 g/mol. The van der Waals surface area contributed by atoms with Gasteiger partial charge in [-0.2, -0.15) is 13.2 Å². The van der Waals surface area contributed by atoms with Crippen LogP contribution in [0.4, 0.5) is 13.2 Å². The number of nitrogens with zero attached hydrogens (tertiary/aromatic N) is 3. The van der Waals surface area contributed by atoms with Crippen LogP contribution in [-0.4, -0.2) is 19.9 Å². The first-order chi connectivity index (χ1) is 9.88. The first-order valence-electron chi connectivity index (χ1n) is 6.23. The van der Waals surface area contributed by atoms with Crippen molar-refractivity contribution in [2.24, 2.45) is 0 Å². The molecule has 0 aliphatic carbocycles. The Morgan fingerprint density at radius 3 is 2.57 bits per heavy atom. The molecule has 0 atom stereocenters. The van der Waals surface area contributed by atoms with E-state index in [1.54, 1.807) is 32.2 Å². The maximum Gasteiger partial charge on any atom is 0.451 e. The summed E-state index contributed by atoms with van der Waals surface area (Å²) < 4.78 is 38.7. The normalized spacial score (nSPS) is 12.0. The predicted octanol–water partition coefficient (Wildman–Crippen LogP) is 3.66. The number of aromatic nitrogens is 4. The zero-order chi connectivity index (χ0) is 15.2. The molecule has 0 aromatic carbocycles. The second kappa shape index (κ2) is 4.54. The molecule has 0 bridgehead atoms. The van der Waals surface area contributed by atoms with Gasteiger partial charge >= 0.3 is 6.18 Å². The van der Waals surface area contributed by atoms with Crippen molar-refractivity contribution < 1.29 is 13.2 Å². The fourth-order valence-electron chi connectivity index (χ4n) is 2.19. The van der Waals surface area contributed by atoms with E-state index in [-0.39, 0.29) is 5.69 Å². The molecule has 1 N–H and O–H groups in total. The van der Waals surface area contributed by atoms with Crippen molar-refractivity contribution in [2.75, 3.05) is 0 Å². The summed E-state index contributed by atoms with van der Waals surface area (Å²) in [6.45, 7) is 3.26. The maximum absolute atomic E-state index is 12.9. The minimum absolute atomic E-state index is 0.279. The molecule has 3 rings (SSSR count). The van der Waals surface area contributed by atoms with Gasteiger partial charge in [0.25, 0.3) is 0 Å². The largest absolute Gasteiger partial charge is 0.451 e. The third-order valence-electron chi connectivity index (χ3n) is 3.36. The lowest BCUT2D eigenvalue weighted by Gasteiger charge is -2.12. The maximum atomic E-state index is 12.9. The van der Waals surface area contributed by atoms with E-state index in [1.165, 1.54) is 6.20 Å². The molecule has 0 aliphatic rings. The third kappa shape index (κ3) is 2.24. The van der Waals surface area contributed by atoms with E-state index in [0.717, 1.165) is 5.39 Å². The number of fused-ring (bicyclic) bond motifs is 1. The number of alkyl halides is 3. The first-order valence-corrected chi connectivity index (χ1v) is 6.23. The first kappa shape index (κ1) is 13.5. The lowest BCUT2D eigenvalue weighted by atomic mass is 10.0. The van der Waals surface area contributed by atoms with Gasteiger partial charge < -0.3 is 4.98 Å². The molecule has 0 aliphatic heterocycles. The lowest BCUT2D eigenvalue weighted by Crippen LogP contribution is -2.13. The summed E-state index contributed by atoms with van der Waals surface area (Å²) in [5.74, 6) is -1.12. The van der Waals surface area contributed by atoms with E-state index >= 15 is 0 Å². The predicted molar refractivity (Wildman–Crippen MR) is 71.6 cm³/mol. The molecule has 0 spiro atoms. The zero-order valence-electron chi connectivity index (χ0n) is 11.3. The smallest absolute Gasteiger partial charge is 0.346 e. The summed E-state index contributed by atoms with van der Waals surface area (Å²) in [5, 5.41) is 0.729. The average molecular weight is 292 g/mol. The van der Waals surface area contributed by atoms with Crippen LogP contribution < -0.4 is 0 Å². The Morgan fingerprint density at radius 1 is 1.10 bits per heavy atom. The van der Waals surface area contributed by atoms with Gasteiger partial charge in [-0.15, -0.1) is 0 Å². The number of hydrogen-bond donors (Lipinski definition) is 1. The van der Waals surface area contributed by atoms with Crippen LogP contribution in [0, 0.1) is 13.8 Å². The van der Waals surface area contributed by atoms with Crippen molar-refractivity contribution in [3.63, 3.8) is 0 Å². The number of nitrogens with one attached hydrogen (secondary N) is 1. The molecule has 0 unspecified atom stereocenters. The second-order valence-electron chi connectivity index (χ2n) is 4.70. The average Bonchev–Trinajstić information content (AvgIpc) is 2.88. The number of halogens is 3. The summed E-state index contributed by atoms with van der Waals surface area (Å²) in [6.07, 6.45) is -1.34. The van der Waals surface area contributed by atoms with Gasteiger partial charge in [0.15, 0.2) is 0 Å². The molecule has 0 saturated heterocycles. The van der Waals surface area contributed by atoms with Crippen LogP contribution in [0.1, 0.15) is 17.1 Å². The molecule has 108 valence electrons. The molecule has 3 aromatic rings. The molecule has 21 heavy (non-hydrogen) atoms. The van der Waals surface area contributed by atoms with Gasteiger partial charge in [0.2, 0.25) is 5.82 Å². The van der Waals surface area contributed by atoms with E-state index in [2.05, 4.69) is 19.9 Å². The van der Waals surface area contributed by atoms with Gasteiger partial charge in [0.1, 0.15) is 5.65 Å². The van der Waals surface area contributed by atoms with Crippen LogP contribution in [0.25, 0.3) is 22.3 Å². The third-order valence-corrected chi connectivity index (χ3v) is 3.36. The van der Waals surface area contributed by atoms with E-state index < -0.39 is 12.0 Å². The van der Waals surface area contributed by atoms with Crippen LogP contribution in [-0.2, 0) is 6.18 Å². The van der Waals surface area contributed by atoms with Crippen LogP contribution in [0.5, 0.6) is 0 Å². The van der Waals surface area contributed by atoms with E-state index in [0.29, 0.717) is 22.5 Å². The molecule has 4 nitrogen and oxygen atoms in total. The molecule has 0 saturated carbocycles. The molecule has 3 heterocycles. The van der Waals surface area contributed by atoms with Crippen molar-refractivity contribution in [1.82, 2.24) is 19.9 Å². The highest BCUT2D eigenvalue weighted by Crippen LogP contribution is 2.33. The lowest BCUT2D eigenvalue weighted by molar-refractivity contribution is -0.145. The number of hydrogen-bond acceptors (Lipinski definition) is 3. The van der Waals surface area contributed by atoms with Crippen LogP contribution in [0.3, 0.4) is 0 Å². The number of aromatic amines is 1. The van der Waals surface area contributed by atoms with Crippen molar-refractivity contribution in [1.29, 1.82) is 0 Å². The van der Waals surface area contributed by atoms with Gasteiger partial charge in [-0.1, -0.05) is 0 Å². The van der Waals surface area contributed by atoms with E-state index in [4.69, 9.17) is 0 Å². The Bertz CT molecular complexity index is 821. The summed E-state index contributed by atoms with van der Waals surface area (Å²) in [7, 11) is 0. The van der Waals surface area contributed by atoms with E-state index in [9.17, 15) is 13.2 Å². The quantitative estimate of drug-likeness (QED) is 0.744. The van der Waals surface area contributed by atoms with Gasteiger partial charge in [0, 0.05) is 29.0 Å². The fraction of sp³-hybridized carbons (Fsp3) is 0.214. The van der Waals surface area contributed by atoms with Crippen LogP contribution in [0.2, 0.25) is 0 Å². The minimum atomic E-state index is -4.57. The standard InChI is InChI=1S/C14H11F3N4/c1-7-8(2)20-13(14(15,16)17)21-11(7)9-3-5-18-12-10(9)4-6-19-12/h3-6H,1-2H3,(H,18,19). The van der Waals surface area contributed by atoms with Crippen molar-refractivity contribution in [3.05, 3.63) is 41.6 Å². The summed E-state index contributed by atoms with van der Waals surface area (Å²) >= 11 is 0. The molecule has 0 radical (unpaired) electrons. The van der Waals surface area contributed by atoms with E-state index in [1.807, 2.05) is 0 Å². The molecule has 3 aromatic heterocycles. The highest BCUT2D eigenvalue weighted by Gasteiger charge is 2.35. The molecular formula is C14H11F3N4. The Morgan fingerprint density at radius 2 is 1.86 bits per heavy atom. The molecule has 7 heteroatoms. The Hall–Kier alpha value is -2.44. The number of H-pyrrole nitrogens is 1. The summed E-state index contributed by atoms with van der Waals surface area (Å²) in [5.41, 5.74) is 2.43. The minimum Gasteiger partial charge on any atom is -0.346 e. The van der Waals surface area contributed by atoms with Crippen LogP contribution >= 0.6 is 0 Å². The number of aryl methyl sites for hydroxylation is 1. The highest BCUT2D eigenvalue weighted by atomic mass is 19.4. The zero-order valence-corrected chi connectivity index (χ0v) is 11.3. The number of rotatable bonds is 1. The topological polar surface area (TPSA) is 54.5 Å². The molecule has 0 fully saturated rings. The summed E-state index contributed by atoms with van der Waals surface area (Å²) in [4.78, 5) is 14.3. The van der Waals surface area contributed by atoms with Gasteiger partial charge in [-0.3, -0.25) is 0 Å².